The summed E-state index contributed by atoms with van der Waals surface area (Å²) in [7, 11) is 1.67. The Morgan fingerprint density at radius 2 is 1.79 bits per heavy atom. The first-order chi connectivity index (χ1) is 9.02. The molecule has 2 N–H and O–H groups in total. The second kappa shape index (κ2) is 9.32. The van der Waals surface area contributed by atoms with Crippen LogP contribution >= 0.6 is 0 Å². The van der Waals surface area contributed by atoms with Gasteiger partial charge in [-0.15, -0.1) is 0 Å². The van der Waals surface area contributed by atoms with Crippen molar-refractivity contribution in [2.75, 3.05) is 26.8 Å². The Kier molecular flexibility index (Phi) is 9.02. The Hall–Kier alpha value is -0.610. The van der Waals surface area contributed by atoms with Crippen molar-refractivity contribution in [2.45, 2.75) is 59.4 Å². The van der Waals surface area contributed by atoms with Crippen molar-refractivity contribution in [2.24, 2.45) is 11.1 Å². The Morgan fingerprint density at radius 1 is 1.26 bits per heavy atom. The van der Waals surface area contributed by atoms with Crippen molar-refractivity contribution in [1.29, 1.82) is 0 Å². The maximum absolute atomic E-state index is 12.9. The highest BCUT2D eigenvalue weighted by Crippen LogP contribution is 2.32. The van der Waals surface area contributed by atoms with Gasteiger partial charge in [0.05, 0.1) is 18.1 Å². The number of carbonyl (C=O) groups is 1. The lowest BCUT2D eigenvalue weighted by Gasteiger charge is -2.38. The predicted molar refractivity (Wildman–Crippen MR) is 80.0 cm³/mol. The van der Waals surface area contributed by atoms with Crippen molar-refractivity contribution in [3.63, 3.8) is 0 Å². The smallest absolute Gasteiger partial charge is 0.230 e. The summed E-state index contributed by atoms with van der Waals surface area (Å²) in [5, 5.41) is 0. The lowest BCUT2D eigenvalue weighted by Crippen LogP contribution is -2.52. The zero-order chi connectivity index (χ0) is 14.9. The molecule has 0 radical (unpaired) electrons. The third-order valence-electron chi connectivity index (χ3n) is 3.84. The number of hydrogen-bond acceptors (Lipinski definition) is 3. The molecule has 0 aromatic rings. The number of rotatable bonds is 10. The third-order valence-corrected chi connectivity index (χ3v) is 3.84. The number of likely N-dealkylation sites (N-methyl/N-ethyl adjacent to an activating group) is 1. The van der Waals surface area contributed by atoms with Crippen molar-refractivity contribution in [3.05, 3.63) is 0 Å². The molecule has 0 aliphatic carbocycles. The maximum Gasteiger partial charge on any atom is 0.230 e. The van der Waals surface area contributed by atoms with E-state index < -0.39 is 0 Å². The number of nitrogens with two attached hydrogens (primary N) is 1. The van der Waals surface area contributed by atoms with E-state index in [9.17, 15) is 4.79 Å². The first-order valence-electron chi connectivity index (χ1n) is 7.52. The number of nitrogens with zero attached hydrogens (tertiary/aromatic N) is 1. The fourth-order valence-electron chi connectivity index (χ4n) is 2.88. The Labute approximate surface area is 118 Å². The summed E-state index contributed by atoms with van der Waals surface area (Å²) in [6.07, 6.45) is 3.71. The molecule has 19 heavy (non-hydrogen) atoms. The van der Waals surface area contributed by atoms with E-state index >= 15 is 0 Å². The molecular formula is C15H32N2O2. The molecule has 0 heterocycles. The highest BCUT2D eigenvalue weighted by Gasteiger charge is 2.39. The van der Waals surface area contributed by atoms with E-state index in [1.807, 2.05) is 18.7 Å². The molecule has 1 amide bonds. The van der Waals surface area contributed by atoms with Crippen molar-refractivity contribution >= 4 is 5.91 Å². The highest BCUT2D eigenvalue weighted by molar-refractivity contribution is 5.83. The van der Waals surface area contributed by atoms with E-state index in [4.69, 9.17) is 10.5 Å². The topological polar surface area (TPSA) is 55.6 Å². The van der Waals surface area contributed by atoms with Crippen LogP contribution in [0, 0.1) is 5.41 Å². The molecule has 0 aliphatic heterocycles. The van der Waals surface area contributed by atoms with Crippen molar-refractivity contribution in [3.8, 4) is 0 Å². The first-order valence-corrected chi connectivity index (χ1v) is 7.52. The normalized spacial score (nSPS) is 13.4. The van der Waals surface area contributed by atoms with Crippen LogP contribution in [0.5, 0.6) is 0 Å². The number of ether oxygens (including phenoxy) is 1. The van der Waals surface area contributed by atoms with Gasteiger partial charge < -0.3 is 15.4 Å². The van der Waals surface area contributed by atoms with Gasteiger partial charge in [0.1, 0.15) is 0 Å². The molecule has 4 nitrogen and oxygen atoms in total. The molecule has 0 aliphatic rings. The zero-order valence-corrected chi connectivity index (χ0v) is 13.4. The molecule has 0 saturated carbocycles. The van der Waals surface area contributed by atoms with Gasteiger partial charge >= 0.3 is 0 Å². The summed E-state index contributed by atoms with van der Waals surface area (Å²) in [6, 6.07) is 0.0992. The number of hydrogen-bond donors (Lipinski definition) is 1. The molecule has 114 valence electrons. The fourth-order valence-corrected chi connectivity index (χ4v) is 2.88. The van der Waals surface area contributed by atoms with Gasteiger partial charge in [0.15, 0.2) is 0 Å². The van der Waals surface area contributed by atoms with Gasteiger partial charge in [-0.2, -0.15) is 0 Å². The van der Waals surface area contributed by atoms with Gasteiger partial charge in [-0.05, 0) is 26.7 Å². The predicted octanol–water partition coefficient (Wildman–Crippen LogP) is 2.42. The van der Waals surface area contributed by atoms with Crippen LogP contribution < -0.4 is 5.73 Å². The number of methoxy groups -OCH3 is 1. The Bertz CT molecular complexity index is 251. The molecule has 0 fully saturated rings. The molecular weight excluding hydrogens is 240 g/mol. The Balaban J connectivity index is 5.12. The lowest BCUT2D eigenvalue weighted by molar-refractivity contribution is -0.145. The second-order valence-electron chi connectivity index (χ2n) is 5.38. The fraction of sp³-hybridized carbons (Fsp3) is 0.933. The van der Waals surface area contributed by atoms with Gasteiger partial charge in [-0.3, -0.25) is 4.79 Å². The maximum atomic E-state index is 12.9. The summed E-state index contributed by atoms with van der Waals surface area (Å²) in [5.74, 6) is 0.200. The summed E-state index contributed by atoms with van der Waals surface area (Å²) in [5.41, 5.74) is 5.58. The van der Waals surface area contributed by atoms with Crippen LogP contribution in [-0.4, -0.2) is 43.7 Å². The average Bonchev–Trinajstić information content (AvgIpc) is 2.39. The summed E-state index contributed by atoms with van der Waals surface area (Å²) in [4.78, 5) is 14.8. The van der Waals surface area contributed by atoms with E-state index in [0.29, 0.717) is 19.7 Å². The summed E-state index contributed by atoms with van der Waals surface area (Å²) in [6.45, 7) is 9.98. The second-order valence-corrected chi connectivity index (χ2v) is 5.38. The first kappa shape index (κ1) is 18.4. The van der Waals surface area contributed by atoms with Crippen LogP contribution in [0.1, 0.15) is 53.4 Å². The van der Waals surface area contributed by atoms with E-state index in [0.717, 1.165) is 25.7 Å². The minimum atomic E-state index is -0.387. The highest BCUT2D eigenvalue weighted by atomic mass is 16.5. The Morgan fingerprint density at radius 3 is 2.11 bits per heavy atom. The molecule has 4 heteroatoms. The van der Waals surface area contributed by atoms with Crippen LogP contribution in [-0.2, 0) is 9.53 Å². The molecule has 0 bridgehead atoms. The molecule has 0 rings (SSSR count). The number of amides is 1. The van der Waals surface area contributed by atoms with Gasteiger partial charge in [0.2, 0.25) is 5.91 Å². The molecule has 1 atom stereocenters. The largest absolute Gasteiger partial charge is 0.383 e. The van der Waals surface area contributed by atoms with E-state index in [2.05, 4.69) is 13.8 Å². The van der Waals surface area contributed by atoms with Crippen LogP contribution in [0.4, 0.5) is 0 Å². The molecule has 0 saturated heterocycles. The van der Waals surface area contributed by atoms with Crippen molar-refractivity contribution in [1.82, 2.24) is 4.90 Å². The van der Waals surface area contributed by atoms with Crippen LogP contribution in [0.2, 0.25) is 0 Å². The summed E-state index contributed by atoms with van der Waals surface area (Å²) < 4.78 is 5.18. The zero-order valence-electron chi connectivity index (χ0n) is 13.4. The van der Waals surface area contributed by atoms with Gasteiger partial charge in [-0.25, -0.2) is 0 Å². The molecule has 0 aromatic carbocycles. The minimum Gasteiger partial charge on any atom is -0.383 e. The van der Waals surface area contributed by atoms with Gasteiger partial charge in [0, 0.05) is 20.2 Å². The third kappa shape index (κ3) is 4.77. The van der Waals surface area contributed by atoms with Gasteiger partial charge in [0.25, 0.3) is 0 Å². The SMILES string of the molecule is CCCC(CN)(CCC)C(=O)N(CC)C(C)COC. The monoisotopic (exact) mass is 272 g/mol. The van der Waals surface area contributed by atoms with E-state index in [-0.39, 0.29) is 17.4 Å². The van der Waals surface area contributed by atoms with Crippen molar-refractivity contribution < 1.29 is 9.53 Å². The van der Waals surface area contributed by atoms with E-state index in [1.54, 1.807) is 7.11 Å². The molecule has 0 aromatic heterocycles. The summed E-state index contributed by atoms with van der Waals surface area (Å²) >= 11 is 0. The van der Waals surface area contributed by atoms with E-state index in [1.165, 1.54) is 0 Å². The molecule has 1 unspecified atom stereocenters. The lowest BCUT2D eigenvalue weighted by atomic mass is 9.77. The average molecular weight is 272 g/mol. The quantitative estimate of drug-likeness (QED) is 0.664. The number of carbonyl (C=O) groups excluding carboxylic acids is 1. The standard InChI is InChI=1S/C15H32N2O2/c1-6-9-15(12-16,10-7-2)14(18)17(8-3)13(4)11-19-5/h13H,6-12,16H2,1-5H3. The minimum absolute atomic E-state index is 0.0992. The van der Waals surface area contributed by atoms with Gasteiger partial charge in [-0.1, -0.05) is 26.7 Å². The molecule has 0 spiro atoms. The van der Waals surface area contributed by atoms with Crippen LogP contribution in [0.25, 0.3) is 0 Å². The van der Waals surface area contributed by atoms with Crippen LogP contribution in [0.3, 0.4) is 0 Å². The van der Waals surface area contributed by atoms with Crippen LogP contribution in [0.15, 0.2) is 0 Å².